The summed E-state index contributed by atoms with van der Waals surface area (Å²) in [6.45, 7) is 3.18. The van der Waals surface area contributed by atoms with Crippen molar-refractivity contribution in [3.63, 3.8) is 0 Å². The van der Waals surface area contributed by atoms with E-state index in [1.165, 1.54) is 12.3 Å². The molecule has 0 aliphatic rings. The predicted molar refractivity (Wildman–Crippen MR) is 72.8 cm³/mol. The maximum Gasteiger partial charge on any atom is 0.301 e. The molecule has 0 atom stereocenters. The molecule has 0 saturated heterocycles. The van der Waals surface area contributed by atoms with Gasteiger partial charge in [0.25, 0.3) is 5.69 Å². The van der Waals surface area contributed by atoms with Crippen molar-refractivity contribution < 1.29 is 15.0 Å². The number of nitro groups is 2. The molecule has 1 aromatic carbocycles. The summed E-state index contributed by atoms with van der Waals surface area (Å²) in [6, 6.07) is 3.20. The van der Waals surface area contributed by atoms with Crippen molar-refractivity contribution in [1.29, 1.82) is 0 Å². The standard InChI is InChI=1S/C11H14N4O5/c1-11(2,16)5-6-12-13-9-4-3-8(14(17)18)7-10(9)15(19)20/h3-4,6-7,13,16H,5H2,1-2H3/b12-6+. The van der Waals surface area contributed by atoms with E-state index in [0.717, 1.165) is 12.1 Å². The van der Waals surface area contributed by atoms with Crippen molar-refractivity contribution in [2.75, 3.05) is 5.43 Å². The summed E-state index contributed by atoms with van der Waals surface area (Å²) in [5.74, 6) is 0. The molecule has 0 aliphatic heterocycles. The summed E-state index contributed by atoms with van der Waals surface area (Å²) in [7, 11) is 0. The highest BCUT2D eigenvalue weighted by molar-refractivity contribution is 5.67. The van der Waals surface area contributed by atoms with E-state index >= 15 is 0 Å². The van der Waals surface area contributed by atoms with Gasteiger partial charge in [0.1, 0.15) is 5.69 Å². The van der Waals surface area contributed by atoms with Gasteiger partial charge in [-0.1, -0.05) is 0 Å². The van der Waals surface area contributed by atoms with Crippen molar-refractivity contribution in [3.05, 3.63) is 38.4 Å². The average molecular weight is 282 g/mol. The normalized spacial score (nSPS) is 11.6. The molecular weight excluding hydrogens is 268 g/mol. The molecule has 9 heteroatoms. The minimum atomic E-state index is -0.938. The first-order valence-corrected chi connectivity index (χ1v) is 5.63. The Labute approximate surface area is 114 Å². The smallest absolute Gasteiger partial charge is 0.301 e. The summed E-state index contributed by atoms with van der Waals surface area (Å²) < 4.78 is 0. The lowest BCUT2D eigenvalue weighted by Gasteiger charge is -2.12. The van der Waals surface area contributed by atoms with Gasteiger partial charge in [0.05, 0.1) is 21.5 Å². The fraction of sp³-hybridized carbons (Fsp3) is 0.364. The number of nitro benzene ring substituents is 2. The number of nitrogens with zero attached hydrogens (tertiary/aromatic N) is 3. The number of hydrogen-bond acceptors (Lipinski definition) is 7. The zero-order chi connectivity index (χ0) is 15.3. The van der Waals surface area contributed by atoms with Crippen LogP contribution in [0.1, 0.15) is 20.3 Å². The van der Waals surface area contributed by atoms with Crippen LogP contribution in [0.4, 0.5) is 17.1 Å². The van der Waals surface area contributed by atoms with Gasteiger partial charge in [-0.05, 0) is 19.9 Å². The third kappa shape index (κ3) is 4.61. The number of hydrazone groups is 1. The van der Waals surface area contributed by atoms with Crippen molar-refractivity contribution in [2.45, 2.75) is 25.9 Å². The second-order valence-corrected chi connectivity index (χ2v) is 4.66. The third-order valence-electron chi connectivity index (χ3n) is 2.26. The highest BCUT2D eigenvalue weighted by Gasteiger charge is 2.19. The molecule has 0 radical (unpaired) electrons. The van der Waals surface area contributed by atoms with Crippen LogP contribution in [0.2, 0.25) is 0 Å². The topological polar surface area (TPSA) is 131 Å². The minimum Gasteiger partial charge on any atom is -0.390 e. The van der Waals surface area contributed by atoms with Crippen LogP contribution in [0.15, 0.2) is 23.3 Å². The molecule has 0 aliphatic carbocycles. The van der Waals surface area contributed by atoms with Gasteiger partial charge in [-0.15, -0.1) is 0 Å². The van der Waals surface area contributed by atoms with Gasteiger partial charge in [0.2, 0.25) is 0 Å². The number of aliphatic hydroxyl groups is 1. The maximum absolute atomic E-state index is 10.8. The predicted octanol–water partition coefficient (Wildman–Crippen LogP) is 2.06. The first kappa shape index (κ1) is 15.5. The molecular formula is C11H14N4O5. The van der Waals surface area contributed by atoms with Crippen LogP contribution in [0.25, 0.3) is 0 Å². The monoisotopic (exact) mass is 282 g/mol. The SMILES string of the molecule is CC(C)(O)C/C=N/Nc1ccc([N+](=O)[O-])cc1[N+](=O)[O-]. The molecule has 0 unspecified atom stereocenters. The fourth-order valence-electron chi connectivity index (χ4n) is 1.26. The Balaban J connectivity index is 2.90. The summed E-state index contributed by atoms with van der Waals surface area (Å²) >= 11 is 0. The second-order valence-electron chi connectivity index (χ2n) is 4.66. The number of non-ortho nitro benzene ring substituents is 1. The summed E-state index contributed by atoms with van der Waals surface area (Å²) in [5.41, 5.74) is 0.707. The maximum atomic E-state index is 10.8. The Morgan fingerprint density at radius 2 is 2.00 bits per heavy atom. The van der Waals surface area contributed by atoms with Gasteiger partial charge in [-0.2, -0.15) is 5.10 Å². The van der Waals surface area contributed by atoms with Crippen LogP contribution in [-0.4, -0.2) is 26.8 Å². The van der Waals surface area contributed by atoms with Crippen LogP contribution < -0.4 is 5.43 Å². The third-order valence-corrected chi connectivity index (χ3v) is 2.26. The van der Waals surface area contributed by atoms with E-state index in [9.17, 15) is 25.3 Å². The largest absolute Gasteiger partial charge is 0.390 e. The molecule has 0 saturated carbocycles. The van der Waals surface area contributed by atoms with Gasteiger partial charge in [-0.25, -0.2) is 0 Å². The molecule has 0 bridgehead atoms. The van der Waals surface area contributed by atoms with E-state index in [4.69, 9.17) is 0 Å². The lowest BCUT2D eigenvalue weighted by Crippen LogP contribution is -2.18. The Bertz CT molecular complexity index is 550. The molecule has 108 valence electrons. The van der Waals surface area contributed by atoms with Crippen LogP contribution in [-0.2, 0) is 0 Å². The van der Waals surface area contributed by atoms with Gasteiger partial charge in [-0.3, -0.25) is 25.7 Å². The summed E-state index contributed by atoms with van der Waals surface area (Å²) in [5, 5.41) is 34.6. The Hall–Kier alpha value is -2.55. The second kappa shape index (κ2) is 6.06. The van der Waals surface area contributed by atoms with E-state index in [1.807, 2.05) is 0 Å². The average Bonchev–Trinajstić information content (AvgIpc) is 2.33. The first-order chi connectivity index (χ1) is 9.20. The zero-order valence-corrected chi connectivity index (χ0v) is 10.9. The first-order valence-electron chi connectivity index (χ1n) is 5.63. The highest BCUT2D eigenvalue weighted by atomic mass is 16.6. The van der Waals surface area contributed by atoms with Gasteiger partial charge < -0.3 is 5.11 Å². The van der Waals surface area contributed by atoms with E-state index in [1.54, 1.807) is 13.8 Å². The van der Waals surface area contributed by atoms with E-state index in [-0.39, 0.29) is 17.8 Å². The quantitative estimate of drug-likeness (QED) is 0.466. The highest BCUT2D eigenvalue weighted by Crippen LogP contribution is 2.28. The Morgan fingerprint density at radius 3 is 2.50 bits per heavy atom. The molecule has 0 spiro atoms. The molecule has 0 fully saturated rings. The van der Waals surface area contributed by atoms with Crippen LogP contribution >= 0.6 is 0 Å². The number of anilines is 1. The number of hydrogen-bond donors (Lipinski definition) is 2. The van der Waals surface area contributed by atoms with E-state index in [2.05, 4.69) is 10.5 Å². The van der Waals surface area contributed by atoms with Crippen LogP contribution in [0.3, 0.4) is 0 Å². The number of rotatable bonds is 6. The van der Waals surface area contributed by atoms with E-state index in [0.29, 0.717) is 0 Å². The zero-order valence-electron chi connectivity index (χ0n) is 10.9. The van der Waals surface area contributed by atoms with Gasteiger partial charge in [0, 0.05) is 18.7 Å². The van der Waals surface area contributed by atoms with Crippen molar-refractivity contribution >= 4 is 23.3 Å². The van der Waals surface area contributed by atoms with Crippen LogP contribution in [0, 0.1) is 20.2 Å². The number of benzene rings is 1. The van der Waals surface area contributed by atoms with Crippen molar-refractivity contribution in [1.82, 2.24) is 0 Å². The molecule has 2 N–H and O–H groups in total. The van der Waals surface area contributed by atoms with Gasteiger partial charge >= 0.3 is 5.69 Å². The molecule has 0 heterocycles. The molecule has 9 nitrogen and oxygen atoms in total. The molecule has 1 rings (SSSR count). The van der Waals surface area contributed by atoms with E-state index < -0.39 is 21.1 Å². The summed E-state index contributed by atoms with van der Waals surface area (Å²) in [4.78, 5) is 20.0. The Morgan fingerprint density at radius 1 is 1.35 bits per heavy atom. The molecule has 0 amide bonds. The fourth-order valence-corrected chi connectivity index (χ4v) is 1.26. The molecule has 0 aromatic heterocycles. The van der Waals surface area contributed by atoms with Crippen LogP contribution in [0.5, 0.6) is 0 Å². The molecule has 20 heavy (non-hydrogen) atoms. The minimum absolute atomic E-state index is 0.0348. The molecule has 1 aromatic rings. The van der Waals surface area contributed by atoms with Crippen molar-refractivity contribution in [2.24, 2.45) is 5.10 Å². The number of nitrogens with one attached hydrogen (secondary N) is 1. The lowest BCUT2D eigenvalue weighted by molar-refractivity contribution is -0.393. The van der Waals surface area contributed by atoms with Crippen molar-refractivity contribution in [3.8, 4) is 0 Å². The summed E-state index contributed by atoms with van der Waals surface area (Å²) in [6.07, 6.45) is 1.62. The van der Waals surface area contributed by atoms with Gasteiger partial charge in [0.15, 0.2) is 0 Å². The lowest BCUT2D eigenvalue weighted by atomic mass is 10.1. The Kier molecular flexibility index (Phi) is 4.70.